The highest BCUT2D eigenvalue weighted by Gasteiger charge is 2.42. The Labute approximate surface area is 174 Å². The highest BCUT2D eigenvalue weighted by Crippen LogP contribution is 2.36. The van der Waals surface area contributed by atoms with Crippen molar-refractivity contribution < 1.29 is 4.79 Å². The van der Waals surface area contributed by atoms with E-state index in [2.05, 4.69) is 54.5 Å². The third kappa shape index (κ3) is 4.90. The molecule has 144 valence electrons. The third-order valence-corrected chi connectivity index (χ3v) is 5.39. The smallest absolute Gasteiger partial charge is 0.220 e. The molecule has 2 fully saturated rings. The lowest BCUT2D eigenvalue weighted by Gasteiger charge is -2.40. The minimum Gasteiger partial charge on any atom is -0.357 e. The molecule has 5 nitrogen and oxygen atoms in total. The van der Waals surface area contributed by atoms with Crippen molar-refractivity contribution in [1.29, 1.82) is 0 Å². The monoisotopic (exact) mass is 470 g/mol. The number of nitrogens with one attached hydrogen (secondary N) is 2. The summed E-state index contributed by atoms with van der Waals surface area (Å²) in [5.41, 5.74) is 3.94. The van der Waals surface area contributed by atoms with Gasteiger partial charge < -0.3 is 15.5 Å². The van der Waals surface area contributed by atoms with Crippen LogP contribution in [0.25, 0.3) is 0 Å². The average molecular weight is 470 g/mol. The molecule has 2 saturated heterocycles. The first-order chi connectivity index (χ1) is 12.0. The molecule has 0 bridgehead atoms. The number of hydrogen-bond acceptors (Lipinski definition) is 2. The van der Waals surface area contributed by atoms with Gasteiger partial charge in [0.25, 0.3) is 0 Å². The summed E-state index contributed by atoms with van der Waals surface area (Å²) in [5.74, 6) is 1.17. The van der Waals surface area contributed by atoms with E-state index in [0.717, 1.165) is 45.0 Å². The summed E-state index contributed by atoms with van der Waals surface area (Å²) in [4.78, 5) is 19.0. The van der Waals surface area contributed by atoms with Gasteiger partial charge in [0.1, 0.15) is 0 Å². The summed E-state index contributed by atoms with van der Waals surface area (Å²) < 4.78 is 0. The molecule has 2 N–H and O–H groups in total. The predicted octanol–water partition coefficient (Wildman–Crippen LogP) is 2.99. The number of carbonyl (C=O) groups excluding carboxylic acids is 1. The Morgan fingerprint density at radius 2 is 2.19 bits per heavy atom. The number of nitrogens with zero attached hydrogens (tertiary/aromatic N) is 2. The molecule has 0 aliphatic carbocycles. The second-order valence-corrected chi connectivity index (χ2v) is 7.58. The molecule has 2 aliphatic heterocycles. The molecule has 0 aromatic heterocycles. The van der Waals surface area contributed by atoms with Crippen LogP contribution in [-0.4, -0.2) is 42.9 Å². The number of rotatable bonds is 3. The lowest BCUT2D eigenvalue weighted by molar-refractivity contribution is -0.119. The number of piperidine rings is 1. The molecule has 1 amide bonds. The van der Waals surface area contributed by atoms with Crippen LogP contribution in [0.1, 0.15) is 42.9 Å². The van der Waals surface area contributed by atoms with Crippen LogP contribution in [0, 0.1) is 19.3 Å². The molecule has 26 heavy (non-hydrogen) atoms. The maximum Gasteiger partial charge on any atom is 0.220 e. The minimum absolute atomic E-state index is 0. The van der Waals surface area contributed by atoms with Crippen molar-refractivity contribution in [1.82, 2.24) is 15.5 Å². The van der Waals surface area contributed by atoms with Crippen LogP contribution in [0.2, 0.25) is 0 Å². The van der Waals surface area contributed by atoms with Gasteiger partial charge in [0.05, 0.1) is 6.54 Å². The van der Waals surface area contributed by atoms with Gasteiger partial charge in [-0.05, 0) is 44.7 Å². The van der Waals surface area contributed by atoms with Crippen LogP contribution >= 0.6 is 24.0 Å². The topological polar surface area (TPSA) is 56.7 Å². The van der Waals surface area contributed by atoms with E-state index in [4.69, 9.17) is 4.99 Å². The maximum atomic E-state index is 11.7. The van der Waals surface area contributed by atoms with Gasteiger partial charge in [-0.1, -0.05) is 23.8 Å². The van der Waals surface area contributed by atoms with Crippen molar-refractivity contribution >= 4 is 35.8 Å². The molecule has 1 aromatic carbocycles. The lowest BCUT2D eigenvalue weighted by atomic mass is 9.79. The number of guanidine groups is 1. The first kappa shape index (κ1) is 21.0. The summed E-state index contributed by atoms with van der Waals surface area (Å²) in [7, 11) is 0. The van der Waals surface area contributed by atoms with Crippen molar-refractivity contribution in [3.05, 3.63) is 34.9 Å². The van der Waals surface area contributed by atoms with Gasteiger partial charge in [0.15, 0.2) is 5.96 Å². The molecule has 1 atom stereocenters. The fourth-order valence-corrected chi connectivity index (χ4v) is 4.04. The van der Waals surface area contributed by atoms with Gasteiger partial charge in [-0.2, -0.15) is 0 Å². The SMILES string of the molecule is CCNC(=NCc1ccc(C)cc1C)N1CCCC2(CNC(=O)C2)C1.I. The van der Waals surface area contributed by atoms with Crippen LogP contribution in [-0.2, 0) is 11.3 Å². The summed E-state index contributed by atoms with van der Waals surface area (Å²) in [5, 5.41) is 6.46. The van der Waals surface area contributed by atoms with Crippen LogP contribution in [0.5, 0.6) is 0 Å². The Morgan fingerprint density at radius 3 is 2.85 bits per heavy atom. The van der Waals surface area contributed by atoms with Crippen molar-refractivity contribution in [3.8, 4) is 0 Å². The number of aliphatic imine (C=N–C) groups is 1. The molecule has 0 radical (unpaired) electrons. The summed E-state index contributed by atoms with van der Waals surface area (Å²) >= 11 is 0. The molecule has 1 unspecified atom stereocenters. The molecule has 6 heteroatoms. The Bertz CT molecular complexity index is 676. The Kier molecular flexibility index (Phi) is 7.32. The van der Waals surface area contributed by atoms with E-state index in [0.29, 0.717) is 13.0 Å². The Hall–Kier alpha value is -1.31. The van der Waals surface area contributed by atoms with Gasteiger partial charge in [0.2, 0.25) is 5.91 Å². The minimum atomic E-state index is 0. The van der Waals surface area contributed by atoms with Gasteiger partial charge in [-0.25, -0.2) is 4.99 Å². The highest BCUT2D eigenvalue weighted by atomic mass is 127. The normalized spacial score (nSPS) is 23.0. The van der Waals surface area contributed by atoms with Gasteiger partial charge in [-0.15, -0.1) is 24.0 Å². The number of likely N-dealkylation sites (tertiary alicyclic amines) is 1. The zero-order chi connectivity index (χ0) is 17.9. The molecule has 3 rings (SSSR count). The molecule has 1 spiro atoms. The molecule has 2 aliphatic rings. The number of benzene rings is 1. The quantitative estimate of drug-likeness (QED) is 0.406. The molecule has 1 aromatic rings. The van der Waals surface area contributed by atoms with E-state index in [-0.39, 0.29) is 35.3 Å². The Balaban J connectivity index is 0.00000243. The highest BCUT2D eigenvalue weighted by molar-refractivity contribution is 14.0. The zero-order valence-electron chi connectivity index (χ0n) is 16.1. The second kappa shape index (κ2) is 9.06. The van der Waals surface area contributed by atoms with E-state index < -0.39 is 0 Å². The van der Waals surface area contributed by atoms with Crippen molar-refractivity contribution in [2.45, 2.75) is 46.6 Å². The maximum absolute atomic E-state index is 11.7. The lowest BCUT2D eigenvalue weighted by Crippen LogP contribution is -2.51. The first-order valence-corrected chi connectivity index (χ1v) is 9.37. The standard InChI is InChI=1S/C20H30N4O.HI/c1-4-21-19(22-12-17-7-6-15(2)10-16(17)3)24-9-5-8-20(14-24)11-18(25)23-13-20;/h6-7,10H,4-5,8-9,11-14H2,1-3H3,(H,21,22)(H,23,25);1H. The summed E-state index contributed by atoms with van der Waals surface area (Å²) in [6.45, 7) is 10.6. The van der Waals surface area contributed by atoms with E-state index in [1.165, 1.54) is 16.7 Å². The second-order valence-electron chi connectivity index (χ2n) is 7.58. The van der Waals surface area contributed by atoms with Gasteiger partial charge in [-0.3, -0.25) is 4.79 Å². The number of hydrogen-bond donors (Lipinski definition) is 2. The fourth-order valence-electron chi connectivity index (χ4n) is 4.04. The molecule has 0 saturated carbocycles. The van der Waals surface area contributed by atoms with Crippen LogP contribution in [0.15, 0.2) is 23.2 Å². The van der Waals surface area contributed by atoms with Crippen molar-refractivity contribution in [2.24, 2.45) is 10.4 Å². The van der Waals surface area contributed by atoms with E-state index in [1.807, 2.05) is 0 Å². The third-order valence-electron chi connectivity index (χ3n) is 5.39. The number of aryl methyl sites for hydroxylation is 2. The van der Waals surface area contributed by atoms with Gasteiger partial charge in [0, 0.05) is 38.0 Å². The molecule has 2 heterocycles. The predicted molar refractivity (Wildman–Crippen MR) is 117 cm³/mol. The largest absolute Gasteiger partial charge is 0.357 e. The van der Waals surface area contributed by atoms with Crippen LogP contribution in [0.4, 0.5) is 0 Å². The first-order valence-electron chi connectivity index (χ1n) is 9.37. The van der Waals surface area contributed by atoms with Gasteiger partial charge >= 0.3 is 0 Å². The Morgan fingerprint density at radius 1 is 1.38 bits per heavy atom. The fraction of sp³-hybridized carbons (Fsp3) is 0.600. The average Bonchev–Trinajstić information content (AvgIpc) is 2.93. The van der Waals surface area contributed by atoms with E-state index >= 15 is 0 Å². The van der Waals surface area contributed by atoms with E-state index in [9.17, 15) is 4.79 Å². The summed E-state index contributed by atoms with van der Waals surface area (Å²) in [6, 6.07) is 6.54. The molecular formula is C20H31IN4O. The number of halogens is 1. The zero-order valence-corrected chi connectivity index (χ0v) is 18.4. The number of carbonyl (C=O) groups is 1. The van der Waals surface area contributed by atoms with E-state index in [1.54, 1.807) is 0 Å². The van der Waals surface area contributed by atoms with Crippen molar-refractivity contribution in [3.63, 3.8) is 0 Å². The molecular weight excluding hydrogens is 439 g/mol. The van der Waals surface area contributed by atoms with Crippen LogP contribution in [0.3, 0.4) is 0 Å². The van der Waals surface area contributed by atoms with Crippen molar-refractivity contribution in [2.75, 3.05) is 26.2 Å². The van der Waals surface area contributed by atoms with Crippen LogP contribution < -0.4 is 10.6 Å². The number of amides is 1. The summed E-state index contributed by atoms with van der Waals surface area (Å²) in [6.07, 6.45) is 2.89.